The van der Waals surface area contributed by atoms with Crippen molar-refractivity contribution in [1.29, 1.82) is 0 Å². The number of hydrogen-bond acceptors (Lipinski definition) is 4. The fourth-order valence-corrected chi connectivity index (χ4v) is 2.86. The lowest BCUT2D eigenvalue weighted by atomic mass is 9.95. The van der Waals surface area contributed by atoms with Gasteiger partial charge < -0.3 is 4.90 Å². The molecule has 0 spiro atoms. The van der Waals surface area contributed by atoms with Gasteiger partial charge in [0.1, 0.15) is 16.8 Å². The van der Waals surface area contributed by atoms with E-state index in [9.17, 15) is 0 Å². The van der Waals surface area contributed by atoms with Crippen LogP contribution in [0.1, 0.15) is 46.0 Å². The highest BCUT2D eigenvalue weighted by Gasteiger charge is 2.30. The molecule has 1 saturated heterocycles. The summed E-state index contributed by atoms with van der Waals surface area (Å²) in [6.45, 7) is 14.8. The number of anilines is 1. The minimum absolute atomic E-state index is 0.101. The van der Waals surface area contributed by atoms with E-state index in [1.807, 2.05) is 6.92 Å². The van der Waals surface area contributed by atoms with Crippen LogP contribution in [0.15, 0.2) is 0 Å². The first-order chi connectivity index (χ1) is 9.61. The maximum atomic E-state index is 6.36. The number of hydrogen-bond donors (Lipinski definition) is 0. The first-order valence-corrected chi connectivity index (χ1v) is 8.00. The molecule has 0 N–H and O–H groups in total. The van der Waals surface area contributed by atoms with Gasteiger partial charge >= 0.3 is 0 Å². The highest BCUT2D eigenvalue weighted by Crippen LogP contribution is 2.30. The Hall–Kier alpha value is -0.870. The van der Waals surface area contributed by atoms with Crippen molar-refractivity contribution >= 4 is 17.4 Å². The van der Waals surface area contributed by atoms with Crippen molar-refractivity contribution in [1.82, 2.24) is 14.9 Å². The lowest BCUT2D eigenvalue weighted by Crippen LogP contribution is -2.55. The first-order valence-electron chi connectivity index (χ1n) is 7.62. The Morgan fingerprint density at radius 1 is 1.10 bits per heavy atom. The van der Waals surface area contributed by atoms with Crippen LogP contribution in [0.25, 0.3) is 0 Å². The van der Waals surface area contributed by atoms with Crippen molar-refractivity contribution in [3.8, 4) is 0 Å². The number of rotatable bonds is 1. The van der Waals surface area contributed by atoms with E-state index in [4.69, 9.17) is 16.6 Å². The number of nitrogens with zero attached hydrogens (tertiary/aromatic N) is 4. The molecule has 118 valence electrons. The molecule has 1 aromatic rings. The van der Waals surface area contributed by atoms with Crippen LogP contribution < -0.4 is 4.90 Å². The molecule has 1 fully saturated rings. The summed E-state index contributed by atoms with van der Waals surface area (Å²) in [4.78, 5) is 14.1. The topological polar surface area (TPSA) is 32.3 Å². The minimum atomic E-state index is -0.101. The van der Waals surface area contributed by atoms with Crippen LogP contribution in [0, 0.1) is 6.92 Å². The van der Waals surface area contributed by atoms with Crippen LogP contribution in [-0.2, 0) is 5.41 Å². The Kier molecular flexibility index (Phi) is 4.50. The van der Waals surface area contributed by atoms with E-state index in [2.05, 4.69) is 56.5 Å². The van der Waals surface area contributed by atoms with Crippen molar-refractivity contribution in [2.24, 2.45) is 0 Å². The molecule has 1 aromatic heterocycles. The maximum Gasteiger partial charge on any atom is 0.137 e. The van der Waals surface area contributed by atoms with Gasteiger partial charge in [0.2, 0.25) is 0 Å². The zero-order chi connectivity index (χ0) is 15.9. The predicted octanol–water partition coefficient (Wildman–Crippen LogP) is 3.26. The summed E-state index contributed by atoms with van der Waals surface area (Å²) >= 11 is 6.36. The van der Waals surface area contributed by atoms with Crippen LogP contribution in [0.2, 0.25) is 5.15 Å². The van der Waals surface area contributed by atoms with Gasteiger partial charge in [0, 0.05) is 36.2 Å². The van der Waals surface area contributed by atoms with Gasteiger partial charge in [-0.15, -0.1) is 0 Å². The van der Waals surface area contributed by atoms with E-state index in [1.165, 1.54) is 0 Å². The van der Waals surface area contributed by atoms with Crippen LogP contribution in [0.5, 0.6) is 0 Å². The number of aromatic nitrogens is 2. The molecule has 2 unspecified atom stereocenters. The molecule has 2 rings (SSSR count). The lowest BCUT2D eigenvalue weighted by Gasteiger charge is -2.43. The number of piperazine rings is 1. The van der Waals surface area contributed by atoms with E-state index < -0.39 is 0 Å². The number of likely N-dealkylation sites (N-methyl/N-ethyl adjacent to an activating group) is 1. The molecule has 2 heterocycles. The fraction of sp³-hybridized carbons (Fsp3) is 0.750. The van der Waals surface area contributed by atoms with Crippen LogP contribution in [-0.4, -0.2) is 47.1 Å². The standard InChI is InChI=1S/C16H27ClN4/c1-10-8-21(9-11(2)20(10)7)14-12(3)13(17)18-15(19-14)16(4,5)6/h10-11H,8-9H2,1-7H3. The van der Waals surface area contributed by atoms with Gasteiger partial charge in [-0.05, 0) is 27.8 Å². The molecule has 1 aliphatic rings. The second-order valence-electron chi connectivity index (χ2n) is 7.31. The second-order valence-corrected chi connectivity index (χ2v) is 7.66. The fourth-order valence-electron chi connectivity index (χ4n) is 2.70. The van der Waals surface area contributed by atoms with E-state index in [-0.39, 0.29) is 5.41 Å². The maximum absolute atomic E-state index is 6.36. The molecule has 1 aliphatic heterocycles. The van der Waals surface area contributed by atoms with Crippen LogP contribution >= 0.6 is 11.6 Å². The SMILES string of the molecule is Cc1c(Cl)nc(C(C)(C)C)nc1N1CC(C)N(C)C(C)C1. The monoisotopic (exact) mass is 310 g/mol. The molecule has 4 nitrogen and oxygen atoms in total. The highest BCUT2D eigenvalue weighted by molar-refractivity contribution is 6.30. The Bertz CT molecular complexity index is 512. The smallest absolute Gasteiger partial charge is 0.137 e. The summed E-state index contributed by atoms with van der Waals surface area (Å²) in [7, 11) is 2.19. The molecule has 0 amide bonds. The second kappa shape index (κ2) is 5.73. The summed E-state index contributed by atoms with van der Waals surface area (Å²) in [6, 6.07) is 1.000. The Morgan fingerprint density at radius 3 is 2.10 bits per heavy atom. The summed E-state index contributed by atoms with van der Waals surface area (Å²) in [5.41, 5.74) is 0.879. The molecule has 0 aliphatic carbocycles. The first kappa shape index (κ1) is 16.5. The third kappa shape index (κ3) is 3.32. The molecular weight excluding hydrogens is 284 g/mol. The minimum Gasteiger partial charge on any atom is -0.353 e. The van der Waals surface area contributed by atoms with Crippen LogP contribution in [0.3, 0.4) is 0 Å². The molecule has 0 saturated carbocycles. The van der Waals surface area contributed by atoms with Gasteiger partial charge in [0.25, 0.3) is 0 Å². The van der Waals surface area contributed by atoms with Gasteiger partial charge in [0.05, 0.1) is 0 Å². The van der Waals surface area contributed by atoms with E-state index in [1.54, 1.807) is 0 Å². The van der Waals surface area contributed by atoms with E-state index >= 15 is 0 Å². The third-order valence-corrected chi connectivity index (χ3v) is 4.76. The summed E-state index contributed by atoms with van der Waals surface area (Å²) < 4.78 is 0. The van der Waals surface area contributed by atoms with Gasteiger partial charge in [-0.25, -0.2) is 9.97 Å². The van der Waals surface area contributed by atoms with Crippen molar-refractivity contribution < 1.29 is 0 Å². The van der Waals surface area contributed by atoms with Crippen molar-refractivity contribution in [2.45, 2.75) is 59.0 Å². The normalized spacial score (nSPS) is 24.5. The summed E-state index contributed by atoms with van der Waals surface area (Å²) in [5, 5.41) is 0.573. The summed E-state index contributed by atoms with van der Waals surface area (Å²) in [5.74, 6) is 1.80. The Balaban J connectivity index is 2.41. The molecule has 0 radical (unpaired) electrons. The van der Waals surface area contributed by atoms with Crippen molar-refractivity contribution in [3.05, 3.63) is 16.5 Å². The highest BCUT2D eigenvalue weighted by atomic mass is 35.5. The van der Waals surface area contributed by atoms with Crippen molar-refractivity contribution in [3.63, 3.8) is 0 Å². The summed E-state index contributed by atoms with van der Waals surface area (Å²) in [6.07, 6.45) is 0. The largest absolute Gasteiger partial charge is 0.353 e. The van der Waals surface area contributed by atoms with Crippen molar-refractivity contribution in [2.75, 3.05) is 25.0 Å². The average molecular weight is 311 g/mol. The third-order valence-electron chi connectivity index (χ3n) is 4.39. The van der Waals surface area contributed by atoms with Gasteiger partial charge in [-0.2, -0.15) is 0 Å². The van der Waals surface area contributed by atoms with Gasteiger partial charge in [0.15, 0.2) is 0 Å². The average Bonchev–Trinajstić information content (AvgIpc) is 2.37. The molecule has 0 bridgehead atoms. The zero-order valence-electron chi connectivity index (χ0n) is 14.2. The van der Waals surface area contributed by atoms with E-state index in [0.717, 1.165) is 30.3 Å². The van der Waals surface area contributed by atoms with Crippen LogP contribution in [0.4, 0.5) is 5.82 Å². The number of halogens is 1. The molecule has 2 atom stereocenters. The van der Waals surface area contributed by atoms with Gasteiger partial charge in [-0.3, -0.25) is 4.90 Å². The van der Waals surface area contributed by atoms with Gasteiger partial charge in [-0.1, -0.05) is 32.4 Å². The van der Waals surface area contributed by atoms with E-state index in [0.29, 0.717) is 17.2 Å². The quantitative estimate of drug-likeness (QED) is 0.745. The molecule has 21 heavy (non-hydrogen) atoms. The molecule has 5 heteroatoms. The lowest BCUT2D eigenvalue weighted by molar-refractivity contribution is 0.169. The predicted molar refractivity (Wildman–Crippen MR) is 89.4 cm³/mol. The Labute approximate surface area is 133 Å². The Morgan fingerprint density at radius 2 is 1.62 bits per heavy atom. The molecular formula is C16H27ClN4. The zero-order valence-corrected chi connectivity index (χ0v) is 15.0. The molecule has 0 aromatic carbocycles.